The maximum atomic E-state index is 9.36. The molecule has 1 atom stereocenters. The summed E-state index contributed by atoms with van der Waals surface area (Å²) in [6.45, 7) is 3.56. The van der Waals surface area contributed by atoms with Crippen LogP contribution in [0.5, 0.6) is 0 Å². The second-order valence-corrected chi connectivity index (χ2v) is 5.58. The normalized spacial score (nSPS) is 23.7. The molecule has 0 bridgehead atoms. The Labute approximate surface area is 109 Å². The van der Waals surface area contributed by atoms with E-state index >= 15 is 0 Å². The van der Waals surface area contributed by atoms with Crippen LogP contribution >= 0.6 is 0 Å². The molecule has 1 N–H and O–H groups in total. The summed E-state index contributed by atoms with van der Waals surface area (Å²) < 4.78 is 0. The molecule has 0 aliphatic carbocycles. The van der Waals surface area contributed by atoms with Crippen LogP contribution < -0.4 is 4.90 Å². The molecule has 0 spiro atoms. The van der Waals surface area contributed by atoms with Crippen LogP contribution in [0.2, 0.25) is 0 Å². The SMILES string of the molecule is CN1CCc2cc(CN3CCC[C@H]3CO)ccc21. The zero-order valence-electron chi connectivity index (χ0n) is 11.1. The summed E-state index contributed by atoms with van der Waals surface area (Å²) in [6, 6.07) is 7.22. The number of anilines is 1. The Hall–Kier alpha value is -1.06. The van der Waals surface area contributed by atoms with Crippen molar-refractivity contribution in [2.24, 2.45) is 0 Å². The predicted octanol–water partition coefficient (Wildman–Crippen LogP) is 1.64. The van der Waals surface area contributed by atoms with Crippen molar-refractivity contribution in [3.8, 4) is 0 Å². The van der Waals surface area contributed by atoms with Crippen LogP contribution in [-0.4, -0.2) is 42.8 Å². The van der Waals surface area contributed by atoms with E-state index < -0.39 is 0 Å². The van der Waals surface area contributed by atoms with Crippen molar-refractivity contribution >= 4 is 5.69 Å². The van der Waals surface area contributed by atoms with Crippen LogP contribution in [0.25, 0.3) is 0 Å². The van der Waals surface area contributed by atoms with Crippen LogP contribution in [0.15, 0.2) is 18.2 Å². The van der Waals surface area contributed by atoms with Gasteiger partial charge in [-0.05, 0) is 43.0 Å². The first-order chi connectivity index (χ1) is 8.78. The standard InChI is InChI=1S/C15H22N2O/c1-16-8-6-13-9-12(4-5-15(13)16)10-17-7-2-3-14(17)11-18/h4-5,9,14,18H,2-3,6-8,10-11H2,1H3/t14-/m0/s1. The Morgan fingerprint density at radius 3 is 3.06 bits per heavy atom. The quantitative estimate of drug-likeness (QED) is 0.878. The number of aliphatic hydroxyl groups is 1. The predicted molar refractivity (Wildman–Crippen MR) is 73.9 cm³/mol. The van der Waals surface area contributed by atoms with E-state index in [2.05, 4.69) is 35.0 Å². The van der Waals surface area contributed by atoms with Crippen LogP contribution in [0, 0.1) is 0 Å². The zero-order chi connectivity index (χ0) is 12.5. The summed E-state index contributed by atoms with van der Waals surface area (Å²) in [5.41, 5.74) is 4.26. The molecule has 1 fully saturated rings. The average molecular weight is 246 g/mol. The van der Waals surface area contributed by atoms with Crippen molar-refractivity contribution in [1.82, 2.24) is 4.90 Å². The Balaban J connectivity index is 1.74. The van der Waals surface area contributed by atoms with Gasteiger partial charge >= 0.3 is 0 Å². The van der Waals surface area contributed by atoms with E-state index in [0.29, 0.717) is 12.6 Å². The Bertz CT molecular complexity index is 433. The first kappa shape index (κ1) is 12.0. The lowest BCUT2D eigenvalue weighted by Crippen LogP contribution is -2.31. The second kappa shape index (κ2) is 4.90. The highest BCUT2D eigenvalue weighted by molar-refractivity contribution is 5.58. The fraction of sp³-hybridized carbons (Fsp3) is 0.600. The van der Waals surface area contributed by atoms with E-state index in [4.69, 9.17) is 0 Å². The fourth-order valence-corrected chi connectivity index (χ4v) is 3.26. The maximum Gasteiger partial charge on any atom is 0.0587 e. The van der Waals surface area contributed by atoms with Gasteiger partial charge in [0, 0.05) is 31.9 Å². The van der Waals surface area contributed by atoms with Gasteiger partial charge in [-0.2, -0.15) is 0 Å². The third-order valence-corrected chi connectivity index (χ3v) is 4.37. The molecule has 18 heavy (non-hydrogen) atoms. The lowest BCUT2D eigenvalue weighted by atomic mass is 10.1. The van der Waals surface area contributed by atoms with Crippen molar-refractivity contribution in [2.45, 2.75) is 31.8 Å². The molecule has 0 aromatic heterocycles. The van der Waals surface area contributed by atoms with E-state index in [1.165, 1.54) is 29.7 Å². The van der Waals surface area contributed by atoms with Crippen LogP contribution in [0.4, 0.5) is 5.69 Å². The van der Waals surface area contributed by atoms with E-state index in [1.807, 2.05) is 0 Å². The fourth-order valence-electron chi connectivity index (χ4n) is 3.26. The highest BCUT2D eigenvalue weighted by atomic mass is 16.3. The Kier molecular flexibility index (Phi) is 3.27. The number of likely N-dealkylation sites (tertiary alicyclic amines) is 1. The van der Waals surface area contributed by atoms with Crippen molar-refractivity contribution in [1.29, 1.82) is 0 Å². The lowest BCUT2D eigenvalue weighted by Gasteiger charge is -2.23. The first-order valence-electron chi connectivity index (χ1n) is 6.96. The lowest BCUT2D eigenvalue weighted by molar-refractivity contribution is 0.153. The Morgan fingerprint density at radius 1 is 1.33 bits per heavy atom. The van der Waals surface area contributed by atoms with E-state index in [1.54, 1.807) is 0 Å². The number of benzene rings is 1. The number of rotatable bonds is 3. The van der Waals surface area contributed by atoms with Gasteiger partial charge in [-0.3, -0.25) is 4.90 Å². The first-order valence-corrected chi connectivity index (χ1v) is 6.96. The zero-order valence-corrected chi connectivity index (χ0v) is 11.1. The minimum absolute atomic E-state index is 0.299. The number of aliphatic hydroxyl groups excluding tert-OH is 1. The van der Waals surface area contributed by atoms with Gasteiger partial charge in [0.1, 0.15) is 0 Å². The van der Waals surface area contributed by atoms with Crippen molar-refractivity contribution in [3.63, 3.8) is 0 Å². The summed E-state index contributed by atoms with van der Waals surface area (Å²) in [6.07, 6.45) is 3.53. The number of likely N-dealkylation sites (N-methyl/N-ethyl adjacent to an activating group) is 1. The number of nitrogens with zero attached hydrogens (tertiary/aromatic N) is 2. The summed E-state index contributed by atoms with van der Waals surface area (Å²) in [5, 5.41) is 9.36. The smallest absolute Gasteiger partial charge is 0.0587 e. The van der Waals surface area contributed by atoms with Gasteiger partial charge in [-0.1, -0.05) is 12.1 Å². The van der Waals surface area contributed by atoms with E-state index in [-0.39, 0.29) is 0 Å². The Morgan fingerprint density at radius 2 is 2.22 bits per heavy atom. The van der Waals surface area contributed by atoms with Crippen LogP contribution in [0.1, 0.15) is 24.0 Å². The molecular weight excluding hydrogens is 224 g/mol. The summed E-state index contributed by atoms with van der Waals surface area (Å²) in [5.74, 6) is 0. The highest BCUT2D eigenvalue weighted by Crippen LogP contribution is 2.28. The third-order valence-electron chi connectivity index (χ3n) is 4.37. The molecule has 0 saturated carbocycles. The summed E-state index contributed by atoms with van der Waals surface area (Å²) in [7, 11) is 2.16. The highest BCUT2D eigenvalue weighted by Gasteiger charge is 2.24. The number of fused-ring (bicyclic) bond motifs is 1. The van der Waals surface area contributed by atoms with Crippen molar-refractivity contribution in [2.75, 3.05) is 31.6 Å². The molecule has 3 nitrogen and oxygen atoms in total. The minimum atomic E-state index is 0.299. The van der Waals surface area contributed by atoms with Gasteiger partial charge in [0.05, 0.1) is 6.61 Å². The number of hydrogen-bond donors (Lipinski definition) is 1. The topological polar surface area (TPSA) is 26.7 Å². The summed E-state index contributed by atoms with van der Waals surface area (Å²) in [4.78, 5) is 4.74. The molecular formula is C15H22N2O. The molecule has 2 aliphatic heterocycles. The van der Waals surface area contributed by atoms with Crippen molar-refractivity contribution in [3.05, 3.63) is 29.3 Å². The second-order valence-electron chi connectivity index (χ2n) is 5.58. The van der Waals surface area contributed by atoms with Gasteiger partial charge < -0.3 is 10.0 Å². The molecule has 2 aliphatic rings. The molecule has 0 radical (unpaired) electrons. The molecule has 1 aromatic carbocycles. The molecule has 3 rings (SSSR count). The molecule has 0 unspecified atom stereocenters. The van der Waals surface area contributed by atoms with Crippen LogP contribution in [-0.2, 0) is 13.0 Å². The van der Waals surface area contributed by atoms with Crippen LogP contribution in [0.3, 0.4) is 0 Å². The van der Waals surface area contributed by atoms with Crippen molar-refractivity contribution < 1.29 is 5.11 Å². The molecule has 98 valence electrons. The molecule has 1 saturated heterocycles. The molecule has 3 heteroatoms. The minimum Gasteiger partial charge on any atom is -0.395 e. The molecule has 2 heterocycles. The monoisotopic (exact) mass is 246 g/mol. The van der Waals surface area contributed by atoms with Gasteiger partial charge in [-0.15, -0.1) is 0 Å². The van der Waals surface area contributed by atoms with Gasteiger partial charge in [0.15, 0.2) is 0 Å². The maximum absolute atomic E-state index is 9.36. The van der Waals surface area contributed by atoms with Gasteiger partial charge in [0.25, 0.3) is 0 Å². The summed E-state index contributed by atoms with van der Waals surface area (Å²) >= 11 is 0. The number of hydrogen-bond acceptors (Lipinski definition) is 3. The van der Waals surface area contributed by atoms with E-state index in [0.717, 1.165) is 26.1 Å². The van der Waals surface area contributed by atoms with Gasteiger partial charge in [0.2, 0.25) is 0 Å². The third kappa shape index (κ3) is 2.13. The largest absolute Gasteiger partial charge is 0.395 e. The molecule has 0 amide bonds. The molecule has 1 aromatic rings. The van der Waals surface area contributed by atoms with Gasteiger partial charge in [-0.25, -0.2) is 0 Å². The average Bonchev–Trinajstić information content (AvgIpc) is 2.97. The van der Waals surface area contributed by atoms with E-state index in [9.17, 15) is 5.11 Å².